The minimum atomic E-state index is -1.08. The van der Waals surface area contributed by atoms with Gasteiger partial charge in [0.2, 0.25) is 0 Å². The van der Waals surface area contributed by atoms with Gasteiger partial charge in [-0.15, -0.1) is 0 Å². The Balaban J connectivity index is 3.07. The Morgan fingerprint density at radius 2 is 2.11 bits per heavy atom. The molecule has 0 heterocycles. The summed E-state index contributed by atoms with van der Waals surface area (Å²) in [5.41, 5.74) is 5.82. The molecule has 1 unspecified atom stereocenters. The van der Waals surface area contributed by atoms with Gasteiger partial charge in [-0.2, -0.15) is 0 Å². The molecule has 0 radical (unpaired) electrons. The molecule has 1 aromatic carbocycles. The number of ether oxygens (including phenoxy) is 2. The summed E-state index contributed by atoms with van der Waals surface area (Å²) < 4.78 is 10.8. The first-order valence-corrected chi connectivity index (χ1v) is 5.87. The van der Waals surface area contributed by atoms with Crippen LogP contribution in [0.1, 0.15) is 37.0 Å². The molecule has 5 heteroatoms. The van der Waals surface area contributed by atoms with Crippen LogP contribution in [0.4, 0.5) is 5.69 Å². The van der Waals surface area contributed by atoms with Crippen molar-refractivity contribution in [3.05, 3.63) is 17.7 Å². The van der Waals surface area contributed by atoms with Gasteiger partial charge in [-0.1, -0.05) is 13.3 Å². The number of rotatable bonds is 6. The lowest BCUT2D eigenvalue weighted by Gasteiger charge is -2.17. The van der Waals surface area contributed by atoms with Gasteiger partial charge in [0, 0.05) is 12.1 Å². The standard InChI is InChI=1S/C13H19NO4/c1-4-5-8(2)18-12-6-9(13(15)16)10(14)7-11(12)17-3/h6-8H,4-5,14H2,1-3H3,(H,15,16). The first-order valence-electron chi connectivity index (χ1n) is 5.87. The molecule has 3 N–H and O–H groups in total. The van der Waals surface area contributed by atoms with Crippen molar-refractivity contribution in [3.63, 3.8) is 0 Å². The van der Waals surface area contributed by atoms with Crippen molar-refractivity contribution >= 4 is 11.7 Å². The number of nitrogens with two attached hydrogens (primary N) is 1. The number of carboxylic acids is 1. The maximum atomic E-state index is 11.0. The quantitative estimate of drug-likeness (QED) is 0.761. The van der Waals surface area contributed by atoms with Crippen molar-refractivity contribution in [1.82, 2.24) is 0 Å². The minimum Gasteiger partial charge on any atom is -0.493 e. The fourth-order valence-corrected chi connectivity index (χ4v) is 1.69. The maximum absolute atomic E-state index is 11.0. The van der Waals surface area contributed by atoms with Gasteiger partial charge in [-0.25, -0.2) is 4.79 Å². The lowest BCUT2D eigenvalue weighted by atomic mass is 10.1. The molecule has 0 fully saturated rings. The second-order valence-electron chi connectivity index (χ2n) is 4.11. The van der Waals surface area contributed by atoms with E-state index in [2.05, 4.69) is 6.92 Å². The van der Waals surface area contributed by atoms with Crippen LogP contribution in [0.2, 0.25) is 0 Å². The Kier molecular flexibility index (Phi) is 4.83. The van der Waals surface area contributed by atoms with Crippen molar-refractivity contribution < 1.29 is 19.4 Å². The highest BCUT2D eigenvalue weighted by Crippen LogP contribution is 2.33. The van der Waals surface area contributed by atoms with Gasteiger partial charge >= 0.3 is 5.97 Å². The third-order valence-corrected chi connectivity index (χ3v) is 2.59. The molecule has 0 bridgehead atoms. The van der Waals surface area contributed by atoms with Gasteiger partial charge in [0.15, 0.2) is 11.5 Å². The fourth-order valence-electron chi connectivity index (χ4n) is 1.69. The average Bonchev–Trinajstić information content (AvgIpc) is 2.30. The van der Waals surface area contributed by atoms with Crippen LogP contribution in [0, 0.1) is 0 Å². The van der Waals surface area contributed by atoms with Crippen LogP contribution in [0.15, 0.2) is 12.1 Å². The zero-order chi connectivity index (χ0) is 13.7. The van der Waals surface area contributed by atoms with Gasteiger partial charge in [-0.05, 0) is 13.3 Å². The van der Waals surface area contributed by atoms with Crippen LogP contribution < -0.4 is 15.2 Å². The van der Waals surface area contributed by atoms with E-state index in [1.807, 2.05) is 6.92 Å². The molecular formula is C13H19NO4. The SMILES string of the molecule is CCCC(C)Oc1cc(C(=O)O)c(N)cc1OC. The third kappa shape index (κ3) is 3.29. The van der Waals surface area contributed by atoms with Gasteiger partial charge in [0.1, 0.15) is 0 Å². The molecule has 0 saturated heterocycles. The molecule has 1 aromatic rings. The lowest BCUT2D eigenvalue weighted by molar-refractivity contribution is 0.0697. The van der Waals surface area contributed by atoms with Crippen molar-refractivity contribution in [3.8, 4) is 11.5 Å². The summed E-state index contributed by atoms with van der Waals surface area (Å²) in [5.74, 6) is -0.228. The zero-order valence-electron chi connectivity index (χ0n) is 10.9. The predicted molar refractivity (Wildman–Crippen MR) is 69.4 cm³/mol. The number of carbonyl (C=O) groups is 1. The summed E-state index contributed by atoms with van der Waals surface area (Å²) in [6.07, 6.45) is 1.87. The number of hydrogen-bond acceptors (Lipinski definition) is 4. The van der Waals surface area contributed by atoms with E-state index in [-0.39, 0.29) is 17.4 Å². The molecule has 1 rings (SSSR count). The Bertz CT molecular complexity index is 431. The Labute approximate surface area is 107 Å². The molecule has 0 aromatic heterocycles. The van der Waals surface area contributed by atoms with E-state index in [1.165, 1.54) is 19.2 Å². The van der Waals surface area contributed by atoms with Crippen LogP contribution in [0.25, 0.3) is 0 Å². The molecule has 0 spiro atoms. The van der Waals surface area contributed by atoms with Crippen LogP contribution in [-0.4, -0.2) is 24.3 Å². The smallest absolute Gasteiger partial charge is 0.337 e. The summed E-state index contributed by atoms with van der Waals surface area (Å²) >= 11 is 0. The molecule has 0 amide bonds. The number of aromatic carboxylic acids is 1. The fraction of sp³-hybridized carbons (Fsp3) is 0.462. The first kappa shape index (κ1) is 14.2. The monoisotopic (exact) mass is 253 g/mol. The molecule has 1 atom stereocenters. The lowest BCUT2D eigenvalue weighted by Crippen LogP contribution is -2.13. The molecule has 0 aliphatic rings. The van der Waals surface area contributed by atoms with E-state index in [0.717, 1.165) is 12.8 Å². The summed E-state index contributed by atoms with van der Waals surface area (Å²) in [7, 11) is 1.49. The second kappa shape index (κ2) is 6.14. The Morgan fingerprint density at radius 3 is 2.61 bits per heavy atom. The van der Waals surface area contributed by atoms with Gasteiger partial charge in [0.05, 0.1) is 24.5 Å². The minimum absolute atomic E-state index is 0.00540. The van der Waals surface area contributed by atoms with E-state index in [9.17, 15) is 4.79 Å². The number of carboxylic acid groups (broad SMARTS) is 1. The highest BCUT2D eigenvalue weighted by Gasteiger charge is 2.16. The molecule has 18 heavy (non-hydrogen) atoms. The number of benzene rings is 1. The molecule has 0 aliphatic carbocycles. The topological polar surface area (TPSA) is 81.8 Å². The highest BCUT2D eigenvalue weighted by atomic mass is 16.5. The second-order valence-corrected chi connectivity index (χ2v) is 4.11. The number of nitrogen functional groups attached to an aromatic ring is 1. The van der Waals surface area contributed by atoms with Crippen LogP contribution >= 0.6 is 0 Å². The molecule has 5 nitrogen and oxygen atoms in total. The normalized spacial score (nSPS) is 11.9. The highest BCUT2D eigenvalue weighted by molar-refractivity contribution is 5.94. The van der Waals surface area contributed by atoms with E-state index in [1.54, 1.807) is 0 Å². The number of hydrogen-bond donors (Lipinski definition) is 2. The van der Waals surface area contributed by atoms with Gasteiger partial charge < -0.3 is 20.3 Å². The largest absolute Gasteiger partial charge is 0.493 e. The third-order valence-electron chi connectivity index (χ3n) is 2.59. The van der Waals surface area contributed by atoms with Gasteiger partial charge in [-0.3, -0.25) is 0 Å². The Hall–Kier alpha value is -1.91. The summed E-state index contributed by atoms with van der Waals surface area (Å²) in [6.45, 7) is 3.99. The summed E-state index contributed by atoms with van der Waals surface area (Å²) in [6, 6.07) is 2.88. The van der Waals surface area contributed by atoms with Crippen molar-refractivity contribution in [1.29, 1.82) is 0 Å². The molecule has 0 aliphatic heterocycles. The van der Waals surface area contributed by atoms with E-state index in [4.69, 9.17) is 20.3 Å². The number of methoxy groups -OCH3 is 1. The van der Waals surface area contributed by atoms with Gasteiger partial charge in [0.25, 0.3) is 0 Å². The summed E-state index contributed by atoms with van der Waals surface area (Å²) in [4.78, 5) is 11.0. The molecular weight excluding hydrogens is 234 g/mol. The maximum Gasteiger partial charge on any atom is 0.337 e. The van der Waals surface area contributed by atoms with Crippen LogP contribution in [0.5, 0.6) is 11.5 Å². The van der Waals surface area contributed by atoms with Crippen molar-refractivity contribution in [2.45, 2.75) is 32.8 Å². The van der Waals surface area contributed by atoms with E-state index in [0.29, 0.717) is 11.5 Å². The van der Waals surface area contributed by atoms with Crippen LogP contribution in [-0.2, 0) is 0 Å². The Morgan fingerprint density at radius 1 is 1.44 bits per heavy atom. The average molecular weight is 253 g/mol. The molecule has 100 valence electrons. The zero-order valence-corrected chi connectivity index (χ0v) is 10.9. The van der Waals surface area contributed by atoms with E-state index >= 15 is 0 Å². The predicted octanol–water partition coefficient (Wildman–Crippen LogP) is 2.54. The van der Waals surface area contributed by atoms with E-state index < -0.39 is 5.97 Å². The number of anilines is 1. The molecule has 0 saturated carbocycles. The summed E-state index contributed by atoms with van der Waals surface area (Å²) in [5, 5.41) is 9.01. The van der Waals surface area contributed by atoms with Crippen molar-refractivity contribution in [2.75, 3.05) is 12.8 Å². The first-order chi connectivity index (χ1) is 8.49. The van der Waals surface area contributed by atoms with Crippen LogP contribution in [0.3, 0.4) is 0 Å². The van der Waals surface area contributed by atoms with Crippen molar-refractivity contribution in [2.24, 2.45) is 0 Å².